The van der Waals surface area contributed by atoms with Crippen molar-refractivity contribution in [3.63, 3.8) is 0 Å². The first-order valence-corrected chi connectivity index (χ1v) is 4.25. The smallest absolute Gasteiger partial charge is 0.377 e. The van der Waals surface area contributed by atoms with Gasteiger partial charge in [0.25, 0.3) is 0 Å². The molecule has 0 fully saturated rings. The zero-order valence-electron chi connectivity index (χ0n) is 7.90. The maximum absolute atomic E-state index is 11.7. The first-order valence-electron chi connectivity index (χ1n) is 4.25. The fraction of sp³-hybridized carbons (Fsp3) is 1.00. The van der Waals surface area contributed by atoms with E-state index in [1.165, 1.54) is 0 Å². The Morgan fingerprint density at radius 2 is 1.85 bits per heavy atom. The molecule has 0 aromatic heterocycles. The van der Waals surface area contributed by atoms with E-state index >= 15 is 0 Å². The average Bonchev–Trinajstić information content (AvgIpc) is 1.95. The third-order valence-electron chi connectivity index (χ3n) is 1.44. The molecule has 0 saturated carbocycles. The molecule has 0 saturated heterocycles. The number of nitrogens with two attached hydrogens (primary N) is 1. The summed E-state index contributed by atoms with van der Waals surface area (Å²) in [5.74, 6) is 0. The molecule has 0 spiro atoms. The zero-order chi connectivity index (χ0) is 10.5. The SMILES string of the molecule is CC(C)OCC(N)CCC(F)(F)F. The minimum absolute atomic E-state index is 0.0111. The summed E-state index contributed by atoms with van der Waals surface area (Å²) in [7, 11) is 0. The van der Waals surface area contributed by atoms with E-state index in [2.05, 4.69) is 0 Å². The van der Waals surface area contributed by atoms with Crippen molar-refractivity contribution in [1.82, 2.24) is 0 Å². The molecular weight excluding hydrogens is 183 g/mol. The summed E-state index contributed by atoms with van der Waals surface area (Å²) >= 11 is 0. The highest BCUT2D eigenvalue weighted by atomic mass is 19.4. The Balaban J connectivity index is 3.46. The van der Waals surface area contributed by atoms with Crippen LogP contribution in [0.3, 0.4) is 0 Å². The maximum Gasteiger partial charge on any atom is 0.389 e. The van der Waals surface area contributed by atoms with Crippen LogP contribution in [0, 0.1) is 0 Å². The van der Waals surface area contributed by atoms with Crippen molar-refractivity contribution in [1.29, 1.82) is 0 Å². The van der Waals surface area contributed by atoms with Crippen LogP contribution in [0.25, 0.3) is 0 Å². The van der Waals surface area contributed by atoms with Gasteiger partial charge < -0.3 is 10.5 Å². The second-order valence-corrected chi connectivity index (χ2v) is 3.30. The molecule has 0 radical (unpaired) electrons. The van der Waals surface area contributed by atoms with E-state index in [1.807, 2.05) is 13.8 Å². The molecule has 2 nitrogen and oxygen atoms in total. The number of alkyl halides is 3. The molecule has 0 rings (SSSR count). The quantitative estimate of drug-likeness (QED) is 0.735. The van der Waals surface area contributed by atoms with Crippen molar-refractivity contribution < 1.29 is 17.9 Å². The van der Waals surface area contributed by atoms with Gasteiger partial charge >= 0.3 is 6.18 Å². The van der Waals surface area contributed by atoms with E-state index in [0.717, 1.165) is 0 Å². The predicted octanol–water partition coefficient (Wildman–Crippen LogP) is 2.08. The molecule has 0 bridgehead atoms. The van der Waals surface area contributed by atoms with Crippen LogP contribution in [-0.4, -0.2) is 24.9 Å². The molecule has 0 aromatic carbocycles. The molecule has 0 aromatic rings. The largest absolute Gasteiger partial charge is 0.389 e. The number of hydrogen-bond donors (Lipinski definition) is 1. The topological polar surface area (TPSA) is 35.2 Å². The average molecular weight is 199 g/mol. The van der Waals surface area contributed by atoms with Crippen LogP contribution in [-0.2, 0) is 4.74 Å². The van der Waals surface area contributed by atoms with Gasteiger partial charge in [-0.2, -0.15) is 13.2 Å². The van der Waals surface area contributed by atoms with Crippen molar-refractivity contribution in [3.8, 4) is 0 Å². The Bertz CT molecular complexity index is 136. The van der Waals surface area contributed by atoms with Crippen LogP contribution in [0.2, 0.25) is 0 Å². The Kier molecular flexibility index (Phi) is 5.32. The van der Waals surface area contributed by atoms with Gasteiger partial charge in [0.1, 0.15) is 0 Å². The standard InChI is InChI=1S/C8H16F3NO/c1-6(2)13-5-7(12)3-4-8(9,10)11/h6-7H,3-5,12H2,1-2H3. The van der Waals surface area contributed by atoms with Gasteiger partial charge in [0.2, 0.25) is 0 Å². The predicted molar refractivity (Wildman–Crippen MR) is 44.4 cm³/mol. The lowest BCUT2D eigenvalue weighted by molar-refractivity contribution is -0.137. The van der Waals surface area contributed by atoms with E-state index < -0.39 is 18.6 Å². The van der Waals surface area contributed by atoms with Crippen molar-refractivity contribution in [2.24, 2.45) is 5.73 Å². The number of ether oxygens (including phenoxy) is 1. The molecule has 13 heavy (non-hydrogen) atoms. The molecule has 80 valence electrons. The van der Waals surface area contributed by atoms with E-state index in [4.69, 9.17) is 10.5 Å². The molecule has 1 atom stereocenters. The van der Waals surface area contributed by atoms with Gasteiger partial charge in [0.15, 0.2) is 0 Å². The summed E-state index contributed by atoms with van der Waals surface area (Å²) in [5, 5.41) is 0. The van der Waals surface area contributed by atoms with Gasteiger partial charge in [0, 0.05) is 12.5 Å². The van der Waals surface area contributed by atoms with Crippen molar-refractivity contribution in [2.45, 2.75) is 45.0 Å². The molecule has 0 heterocycles. The molecule has 0 aliphatic rings. The summed E-state index contributed by atoms with van der Waals surface area (Å²) in [6, 6.07) is -0.524. The highest BCUT2D eigenvalue weighted by Crippen LogP contribution is 2.21. The highest BCUT2D eigenvalue weighted by Gasteiger charge is 2.27. The van der Waals surface area contributed by atoms with Crippen molar-refractivity contribution >= 4 is 0 Å². The Labute approximate surface area is 76.2 Å². The molecule has 1 unspecified atom stereocenters. The number of halogens is 3. The van der Waals surface area contributed by atoms with Gasteiger partial charge in [-0.3, -0.25) is 0 Å². The molecule has 2 N–H and O–H groups in total. The first-order chi connectivity index (χ1) is 5.81. The van der Waals surface area contributed by atoms with Gasteiger partial charge in [-0.05, 0) is 20.3 Å². The number of hydrogen-bond acceptors (Lipinski definition) is 2. The summed E-state index contributed by atoms with van der Waals surface area (Å²) in [6.45, 7) is 3.82. The lowest BCUT2D eigenvalue weighted by Crippen LogP contribution is -2.29. The lowest BCUT2D eigenvalue weighted by atomic mass is 10.2. The van der Waals surface area contributed by atoms with Crippen LogP contribution < -0.4 is 5.73 Å². The Morgan fingerprint density at radius 1 is 1.31 bits per heavy atom. The van der Waals surface area contributed by atoms with Crippen molar-refractivity contribution in [2.75, 3.05) is 6.61 Å². The summed E-state index contributed by atoms with van der Waals surface area (Å²) in [4.78, 5) is 0. The maximum atomic E-state index is 11.7. The van der Waals surface area contributed by atoms with Crippen LogP contribution in [0.1, 0.15) is 26.7 Å². The first kappa shape index (κ1) is 12.7. The summed E-state index contributed by atoms with van der Waals surface area (Å²) in [6.07, 6.45) is -5.02. The minimum atomic E-state index is -4.12. The van der Waals surface area contributed by atoms with E-state index in [0.29, 0.717) is 0 Å². The monoisotopic (exact) mass is 199 g/mol. The molecule has 5 heteroatoms. The third kappa shape index (κ3) is 9.63. The van der Waals surface area contributed by atoms with Crippen LogP contribution in [0.15, 0.2) is 0 Å². The highest BCUT2D eigenvalue weighted by molar-refractivity contribution is 4.63. The summed E-state index contributed by atoms with van der Waals surface area (Å²) < 4.78 is 40.2. The fourth-order valence-electron chi connectivity index (χ4n) is 0.748. The number of rotatable bonds is 5. The molecule has 0 aliphatic carbocycles. The van der Waals surface area contributed by atoms with E-state index in [-0.39, 0.29) is 19.1 Å². The van der Waals surface area contributed by atoms with E-state index in [9.17, 15) is 13.2 Å². The fourth-order valence-corrected chi connectivity index (χ4v) is 0.748. The normalized spacial score (nSPS) is 15.0. The van der Waals surface area contributed by atoms with E-state index in [1.54, 1.807) is 0 Å². The molecular formula is C8H16F3NO. The zero-order valence-corrected chi connectivity index (χ0v) is 7.90. The van der Waals surface area contributed by atoms with Crippen molar-refractivity contribution in [3.05, 3.63) is 0 Å². The van der Waals surface area contributed by atoms with Crippen LogP contribution in [0.4, 0.5) is 13.2 Å². The van der Waals surface area contributed by atoms with Gasteiger partial charge in [0.05, 0.1) is 12.7 Å². The summed E-state index contributed by atoms with van der Waals surface area (Å²) in [5.41, 5.74) is 5.40. The second kappa shape index (κ2) is 5.44. The van der Waals surface area contributed by atoms with Crippen LogP contribution >= 0.6 is 0 Å². The minimum Gasteiger partial charge on any atom is -0.377 e. The third-order valence-corrected chi connectivity index (χ3v) is 1.44. The van der Waals surface area contributed by atoms with Gasteiger partial charge in [-0.25, -0.2) is 0 Å². The van der Waals surface area contributed by atoms with Gasteiger partial charge in [-0.1, -0.05) is 0 Å². The second-order valence-electron chi connectivity index (χ2n) is 3.30. The Morgan fingerprint density at radius 3 is 2.23 bits per heavy atom. The van der Waals surface area contributed by atoms with Gasteiger partial charge in [-0.15, -0.1) is 0 Å². The van der Waals surface area contributed by atoms with Crippen LogP contribution in [0.5, 0.6) is 0 Å². The Hall–Kier alpha value is -0.290. The molecule has 0 amide bonds. The lowest BCUT2D eigenvalue weighted by Gasteiger charge is -2.15. The molecule has 0 aliphatic heterocycles.